The second-order valence-corrected chi connectivity index (χ2v) is 7.54. The summed E-state index contributed by atoms with van der Waals surface area (Å²) >= 11 is 1.50. The maximum absolute atomic E-state index is 12.0. The molecule has 1 amide bonds. The monoisotopic (exact) mass is 340 g/mol. The summed E-state index contributed by atoms with van der Waals surface area (Å²) in [6.07, 6.45) is 3.28. The number of aromatic nitrogens is 3. The van der Waals surface area contributed by atoms with E-state index < -0.39 is 0 Å². The van der Waals surface area contributed by atoms with E-state index >= 15 is 0 Å². The first-order valence-electron chi connectivity index (χ1n) is 7.73. The van der Waals surface area contributed by atoms with E-state index in [9.17, 15) is 4.79 Å². The fraction of sp³-hybridized carbons (Fsp3) is 0.278. The van der Waals surface area contributed by atoms with Gasteiger partial charge in [-0.3, -0.25) is 10.1 Å². The molecule has 0 unspecified atom stereocenters. The second-order valence-electron chi connectivity index (χ2n) is 6.70. The average molecular weight is 340 g/mol. The summed E-state index contributed by atoms with van der Waals surface area (Å²) in [5.74, 6) is 0.0773. The molecule has 1 aromatic carbocycles. The minimum Gasteiger partial charge on any atom is -0.290 e. The Morgan fingerprint density at radius 3 is 2.58 bits per heavy atom. The third-order valence-corrected chi connectivity index (χ3v) is 4.62. The third-order valence-electron chi connectivity index (χ3n) is 3.69. The molecule has 0 aliphatic carbocycles. The molecule has 1 N–H and O–H groups in total. The van der Waals surface area contributed by atoms with Crippen LogP contribution in [-0.2, 0) is 10.2 Å². The van der Waals surface area contributed by atoms with Gasteiger partial charge >= 0.3 is 0 Å². The van der Waals surface area contributed by atoms with E-state index in [4.69, 9.17) is 0 Å². The topological polar surface area (TPSA) is 59.3 Å². The number of thiazole rings is 1. The van der Waals surface area contributed by atoms with Crippen molar-refractivity contribution in [3.8, 4) is 0 Å². The number of benzene rings is 1. The molecule has 2 aromatic heterocycles. The molecule has 6 heteroatoms. The highest BCUT2D eigenvalue weighted by molar-refractivity contribution is 7.15. The van der Waals surface area contributed by atoms with Crippen LogP contribution in [0.3, 0.4) is 0 Å². The van der Waals surface area contributed by atoms with Gasteiger partial charge in [0, 0.05) is 11.5 Å². The molecule has 0 bridgehead atoms. The molecule has 0 saturated heterocycles. The Bertz CT molecular complexity index is 897. The van der Waals surface area contributed by atoms with Crippen molar-refractivity contribution in [2.45, 2.75) is 33.1 Å². The summed E-state index contributed by atoms with van der Waals surface area (Å²) < 4.78 is 1.72. The molecule has 3 aromatic rings. The van der Waals surface area contributed by atoms with Gasteiger partial charge in [0.2, 0.25) is 4.96 Å². The summed E-state index contributed by atoms with van der Waals surface area (Å²) in [5, 5.41) is 8.92. The number of aryl methyl sites for hydroxylation is 1. The van der Waals surface area contributed by atoms with Crippen molar-refractivity contribution in [2.75, 3.05) is 5.32 Å². The van der Waals surface area contributed by atoms with Crippen LogP contribution in [0.1, 0.15) is 37.6 Å². The van der Waals surface area contributed by atoms with E-state index in [0.717, 1.165) is 16.2 Å². The van der Waals surface area contributed by atoms with Gasteiger partial charge in [-0.2, -0.15) is 4.98 Å². The lowest BCUT2D eigenvalue weighted by Gasteiger charge is -2.18. The van der Waals surface area contributed by atoms with Gasteiger partial charge in [-0.15, -0.1) is 16.4 Å². The highest BCUT2D eigenvalue weighted by Gasteiger charge is 2.12. The Labute approximate surface area is 145 Å². The summed E-state index contributed by atoms with van der Waals surface area (Å²) in [5.41, 5.74) is 3.37. The minimum atomic E-state index is -0.245. The van der Waals surface area contributed by atoms with Crippen molar-refractivity contribution in [1.82, 2.24) is 14.6 Å². The van der Waals surface area contributed by atoms with Crippen LogP contribution in [0.2, 0.25) is 0 Å². The van der Waals surface area contributed by atoms with Crippen molar-refractivity contribution in [3.05, 3.63) is 52.5 Å². The summed E-state index contributed by atoms with van der Waals surface area (Å²) in [6, 6.07) is 8.20. The molecule has 0 aliphatic heterocycles. The molecule has 0 fully saturated rings. The highest BCUT2D eigenvalue weighted by atomic mass is 32.1. The van der Waals surface area contributed by atoms with Gasteiger partial charge < -0.3 is 0 Å². The normalized spacial score (nSPS) is 12.2. The molecule has 2 heterocycles. The summed E-state index contributed by atoms with van der Waals surface area (Å²) in [7, 11) is 0. The van der Waals surface area contributed by atoms with E-state index in [1.54, 1.807) is 10.6 Å². The van der Waals surface area contributed by atoms with Crippen LogP contribution in [-0.4, -0.2) is 20.5 Å². The largest absolute Gasteiger partial charge is 0.290 e. The second kappa shape index (κ2) is 6.20. The average Bonchev–Trinajstić information content (AvgIpc) is 3.07. The maximum Gasteiger partial charge on any atom is 0.250 e. The Balaban J connectivity index is 1.66. The fourth-order valence-electron chi connectivity index (χ4n) is 2.26. The first-order valence-corrected chi connectivity index (χ1v) is 8.61. The van der Waals surface area contributed by atoms with Crippen LogP contribution in [0, 0.1) is 6.92 Å². The number of carbonyl (C=O) groups is 1. The molecule has 124 valence electrons. The van der Waals surface area contributed by atoms with E-state index in [1.807, 2.05) is 24.4 Å². The zero-order chi connectivity index (χ0) is 17.3. The molecule has 0 saturated carbocycles. The fourth-order valence-corrected chi connectivity index (χ4v) is 3.06. The quantitative estimate of drug-likeness (QED) is 0.732. The van der Waals surface area contributed by atoms with Crippen LogP contribution in [0.15, 0.2) is 35.7 Å². The number of nitrogens with zero attached hydrogens (tertiary/aromatic N) is 3. The summed E-state index contributed by atoms with van der Waals surface area (Å²) in [4.78, 5) is 17.1. The van der Waals surface area contributed by atoms with Gasteiger partial charge in [0.15, 0.2) is 0 Å². The number of fused-ring (bicyclic) bond motifs is 1. The van der Waals surface area contributed by atoms with Crippen LogP contribution < -0.4 is 5.32 Å². The zero-order valence-electron chi connectivity index (χ0n) is 14.2. The Morgan fingerprint density at radius 2 is 1.96 bits per heavy atom. The van der Waals surface area contributed by atoms with Gasteiger partial charge in [0.05, 0.1) is 5.69 Å². The smallest absolute Gasteiger partial charge is 0.250 e. The number of hydrogen-bond acceptors (Lipinski definition) is 4. The van der Waals surface area contributed by atoms with E-state index in [0.29, 0.717) is 5.95 Å². The van der Waals surface area contributed by atoms with Gasteiger partial charge in [-0.1, -0.05) is 45.0 Å². The SMILES string of the molecule is Cc1csc2nc(NC(=O)/C=C/c3ccc(C(C)(C)C)cc3)nn12. The molecule has 0 radical (unpaired) electrons. The Kier molecular flexibility index (Phi) is 4.24. The van der Waals surface area contributed by atoms with E-state index in [2.05, 4.69) is 48.3 Å². The van der Waals surface area contributed by atoms with Crippen LogP contribution >= 0.6 is 11.3 Å². The predicted molar refractivity (Wildman–Crippen MR) is 98.4 cm³/mol. The van der Waals surface area contributed by atoms with Crippen LogP contribution in [0.4, 0.5) is 5.95 Å². The number of carbonyl (C=O) groups excluding carboxylic acids is 1. The van der Waals surface area contributed by atoms with Crippen molar-refractivity contribution < 1.29 is 4.79 Å². The van der Waals surface area contributed by atoms with Gasteiger partial charge in [0.25, 0.3) is 11.9 Å². The predicted octanol–water partition coefficient (Wildman–Crippen LogP) is 4.05. The lowest BCUT2D eigenvalue weighted by atomic mass is 9.87. The molecule has 0 spiro atoms. The summed E-state index contributed by atoms with van der Waals surface area (Å²) in [6.45, 7) is 8.48. The van der Waals surface area contributed by atoms with Gasteiger partial charge in [-0.25, -0.2) is 4.52 Å². The zero-order valence-corrected chi connectivity index (χ0v) is 15.0. The standard InChI is InChI=1S/C18H20N4OS/c1-12-11-24-17-20-16(21-22(12)17)19-15(23)10-7-13-5-8-14(9-6-13)18(2,3)4/h5-11H,1-4H3,(H,19,21,23)/b10-7+. The maximum atomic E-state index is 12.0. The van der Waals surface area contributed by atoms with Crippen molar-refractivity contribution >= 4 is 34.2 Å². The Hall–Kier alpha value is -2.47. The molecular formula is C18H20N4OS. The molecule has 5 nitrogen and oxygen atoms in total. The number of nitrogens with one attached hydrogen (secondary N) is 1. The lowest BCUT2D eigenvalue weighted by Crippen LogP contribution is -2.10. The van der Waals surface area contributed by atoms with E-state index in [1.165, 1.54) is 23.0 Å². The number of amides is 1. The molecular weight excluding hydrogens is 320 g/mol. The molecule has 3 rings (SSSR count). The molecule has 0 aliphatic rings. The Morgan fingerprint density at radius 1 is 1.25 bits per heavy atom. The van der Waals surface area contributed by atoms with Crippen LogP contribution in [0.25, 0.3) is 11.0 Å². The number of hydrogen-bond donors (Lipinski definition) is 1. The minimum absolute atomic E-state index is 0.122. The lowest BCUT2D eigenvalue weighted by molar-refractivity contribution is -0.111. The van der Waals surface area contributed by atoms with Gasteiger partial charge in [0.1, 0.15) is 0 Å². The van der Waals surface area contributed by atoms with Crippen molar-refractivity contribution in [1.29, 1.82) is 0 Å². The number of anilines is 1. The third kappa shape index (κ3) is 3.54. The first-order chi connectivity index (χ1) is 11.3. The van der Waals surface area contributed by atoms with Gasteiger partial charge in [-0.05, 0) is 29.5 Å². The molecule has 24 heavy (non-hydrogen) atoms. The van der Waals surface area contributed by atoms with Crippen molar-refractivity contribution in [3.63, 3.8) is 0 Å². The first kappa shape index (κ1) is 16.4. The molecule has 0 atom stereocenters. The van der Waals surface area contributed by atoms with E-state index in [-0.39, 0.29) is 11.3 Å². The van der Waals surface area contributed by atoms with Crippen LogP contribution in [0.5, 0.6) is 0 Å². The number of rotatable bonds is 3. The van der Waals surface area contributed by atoms with Crippen molar-refractivity contribution in [2.24, 2.45) is 0 Å². The highest BCUT2D eigenvalue weighted by Crippen LogP contribution is 2.22.